The van der Waals surface area contributed by atoms with E-state index in [1.807, 2.05) is 6.08 Å². The predicted octanol–water partition coefficient (Wildman–Crippen LogP) is 1.96. The van der Waals surface area contributed by atoms with Crippen molar-refractivity contribution in [2.24, 2.45) is 10.9 Å². The van der Waals surface area contributed by atoms with Gasteiger partial charge >= 0.3 is 0 Å². The van der Waals surface area contributed by atoms with Crippen LogP contribution in [-0.4, -0.2) is 30.1 Å². The Bertz CT molecular complexity index is 234. The quantitative estimate of drug-likeness (QED) is 0.508. The van der Waals surface area contributed by atoms with E-state index >= 15 is 0 Å². The Kier molecular flexibility index (Phi) is 4.57. The van der Waals surface area contributed by atoms with Gasteiger partial charge in [0.2, 0.25) is 6.08 Å². The third kappa shape index (κ3) is 3.44. The van der Waals surface area contributed by atoms with Crippen molar-refractivity contribution >= 4 is 6.08 Å². The fourth-order valence-electron chi connectivity index (χ4n) is 1.82. The van der Waals surface area contributed by atoms with Crippen LogP contribution >= 0.6 is 0 Å². The van der Waals surface area contributed by atoms with Crippen LogP contribution in [0.25, 0.3) is 0 Å². The highest BCUT2D eigenvalue weighted by atomic mass is 16.1. The lowest BCUT2D eigenvalue weighted by Gasteiger charge is -2.33. The molecule has 3 nitrogen and oxygen atoms in total. The van der Waals surface area contributed by atoms with E-state index in [1.165, 1.54) is 18.9 Å². The van der Waals surface area contributed by atoms with Gasteiger partial charge in [0.05, 0.1) is 0 Å². The van der Waals surface area contributed by atoms with Gasteiger partial charge in [-0.05, 0) is 45.7 Å². The third-order valence-electron chi connectivity index (χ3n) is 2.79. The van der Waals surface area contributed by atoms with E-state index in [0.717, 1.165) is 13.1 Å². The summed E-state index contributed by atoms with van der Waals surface area (Å²) in [6, 6.07) is 0.646. The minimum Gasteiger partial charge on any atom is -0.301 e. The van der Waals surface area contributed by atoms with Gasteiger partial charge in [-0.25, -0.2) is 4.79 Å². The molecule has 0 amide bonds. The predicted molar refractivity (Wildman–Crippen MR) is 56.7 cm³/mol. The average Bonchev–Trinajstić information content (AvgIpc) is 2.19. The molecule has 1 fully saturated rings. The molecule has 0 N–H and O–H groups in total. The zero-order valence-electron chi connectivity index (χ0n) is 8.94. The molecule has 3 heteroatoms. The number of allylic oxidation sites excluding steroid dienone is 1. The van der Waals surface area contributed by atoms with Crippen molar-refractivity contribution in [2.75, 3.05) is 13.1 Å². The fourth-order valence-corrected chi connectivity index (χ4v) is 1.82. The van der Waals surface area contributed by atoms with Gasteiger partial charge in [0.25, 0.3) is 0 Å². The lowest BCUT2D eigenvalue weighted by Crippen LogP contribution is -2.38. The summed E-state index contributed by atoms with van der Waals surface area (Å²) in [5.74, 6) is 0.585. The first kappa shape index (κ1) is 11.2. The number of isocyanates is 1. The van der Waals surface area contributed by atoms with E-state index in [2.05, 4.69) is 23.7 Å². The van der Waals surface area contributed by atoms with Crippen molar-refractivity contribution in [3.8, 4) is 0 Å². The molecule has 14 heavy (non-hydrogen) atoms. The van der Waals surface area contributed by atoms with Crippen molar-refractivity contribution < 1.29 is 4.79 Å². The SMILES string of the molecule is CC(C)N1CCC(/C=C\N=C=O)CC1. The van der Waals surface area contributed by atoms with E-state index in [9.17, 15) is 4.79 Å². The Balaban J connectivity index is 2.32. The molecule has 0 aromatic carbocycles. The Morgan fingerprint density at radius 2 is 2.07 bits per heavy atom. The standard InChI is InChI=1S/C11H18N2O/c1-10(2)13-7-4-11(5-8-13)3-6-12-9-14/h3,6,10-11H,4-5,7-8H2,1-2H3/b6-3-. The molecule has 1 aliphatic rings. The van der Waals surface area contributed by atoms with Crippen molar-refractivity contribution in [2.45, 2.75) is 32.7 Å². The summed E-state index contributed by atoms with van der Waals surface area (Å²) in [5, 5.41) is 0. The first-order valence-electron chi connectivity index (χ1n) is 5.21. The monoisotopic (exact) mass is 194 g/mol. The molecule has 0 aromatic rings. The van der Waals surface area contributed by atoms with Crippen LogP contribution in [0.3, 0.4) is 0 Å². The highest BCUT2D eigenvalue weighted by molar-refractivity contribution is 5.34. The second-order valence-corrected chi connectivity index (χ2v) is 4.03. The van der Waals surface area contributed by atoms with Crippen LogP contribution in [-0.2, 0) is 4.79 Å². The van der Waals surface area contributed by atoms with Gasteiger partial charge in [0.1, 0.15) is 0 Å². The molecule has 1 heterocycles. The molecular formula is C11H18N2O. The van der Waals surface area contributed by atoms with Crippen LogP contribution in [0.1, 0.15) is 26.7 Å². The minimum atomic E-state index is 0.585. The van der Waals surface area contributed by atoms with Crippen LogP contribution in [0.15, 0.2) is 17.3 Å². The molecule has 78 valence electrons. The lowest BCUT2D eigenvalue weighted by atomic mass is 9.96. The number of piperidine rings is 1. The molecule has 0 radical (unpaired) electrons. The smallest absolute Gasteiger partial charge is 0.239 e. The molecule has 0 atom stereocenters. The van der Waals surface area contributed by atoms with E-state index in [-0.39, 0.29) is 0 Å². The molecular weight excluding hydrogens is 176 g/mol. The molecule has 0 aliphatic carbocycles. The summed E-state index contributed by atoms with van der Waals surface area (Å²) in [4.78, 5) is 15.7. The Hall–Kier alpha value is -0.920. The normalized spacial score (nSPS) is 20.2. The molecule has 1 aliphatic heterocycles. The fraction of sp³-hybridized carbons (Fsp3) is 0.727. The van der Waals surface area contributed by atoms with Gasteiger partial charge in [-0.2, -0.15) is 4.99 Å². The largest absolute Gasteiger partial charge is 0.301 e. The van der Waals surface area contributed by atoms with Gasteiger partial charge in [-0.3, -0.25) is 0 Å². The van der Waals surface area contributed by atoms with E-state index in [0.29, 0.717) is 12.0 Å². The van der Waals surface area contributed by atoms with Gasteiger partial charge in [-0.1, -0.05) is 6.08 Å². The van der Waals surface area contributed by atoms with Crippen molar-refractivity contribution in [1.29, 1.82) is 0 Å². The third-order valence-corrected chi connectivity index (χ3v) is 2.79. The highest BCUT2D eigenvalue weighted by Gasteiger charge is 2.18. The van der Waals surface area contributed by atoms with Gasteiger partial charge < -0.3 is 4.90 Å². The molecule has 0 aromatic heterocycles. The van der Waals surface area contributed by atoms with Gasteiger partial charge in [0.15, 0.2) is 0 Å². The number of hydrogen-bond donors (Lipinski definition) is 0. The molecule has 1 saturated heterocycles. The number of likely N-dealkylation sites (tertiary alicyclic amines) is 1. The summed E-state index contributed by atoms with van der Waals surface area (Å²) in [7, 11) is 0. The summed E-state index contributed by atoms with van der Waals surface area (Å²) >= 11 is 0. The topological polar surface area (TPSA) is 32.7 Å². The molecule has 1 rings (SSSR count). The van der Waals surface area contributed by atoms with Crippen molar-refractivity contribution in [3.63, 3.8) is 0 Å². The van der Waals surface area contributed by atoms with Gasteiger partial charge in [0, 0.05) is 12.2 Å². The van der Waals surface area contributed by atoms with Crippen molar-refractivity contribution in [1.82, 2.24) is 4.90 Å². The molecule has 0 saturated carbocycles. The minimum absolute atomic E-state index is 0.585. The number of rotatable bonds is 3. The maximum Gasteiger partial charge on any atom is 0.239 e. The molecule has 0 unspecified atom stereocenters. The summed E-state index contributed by atoms with van der Waals surface area (Å²) in [5.41, 5.74) is 0. The lowest BCUT2D eigenvalue weighted by molar-refractivity contribution is 0.164. The zero-order valence-corrected chi connectivity index (χ0v) is 8.94. The van der Waals surface area contributed by atoms with E-state index in [4.69, 9.17) is 0 Å². The van der Waals surface area contributed by atoms with Crippen LogP contribution in [0.5, 0.6) is 0 Å². The Labute approximate surface area is 85.5 Å². The summed E-state index contributed by atoms with van der Waals surface area (Å²) in [6.45, 7) is 6.76. The number of hydrogen-bond acceptors (Lipinski definition) is 3. The van der Waals surface area contributed by atoms with Crippen LogP contribution in [0.2, 0.25) is 0 Å². The maximum absolute atomic E-state index is 9.84. The Morgan fingerprint density at radius 3 is 2.57 bits per heavy atom. The second kappa shape index (κ2) is 5.74. The number of nitrogens with zero attached hydrogens (tertiary/aromatic N) is 2. The first-order chi connectivity index (χ1) is 6.74. The maximum atomic E-state index is 9.84. The highest BCUT2D eigenvalue weighted by Crippen LogP contribution is 2.19. The van der Waals surface area contributed by atoms with Gasteiger partial charge in [-0.15, -0.1) is 0 Å². The second-order valence-electron chi connectivity index (χ2n) is 4.03. The van der Waals surface area contributed by atoms with Crippen LogP contribution < -0.4 is 0 Å². The average molecular weight is 194 g/mol. The zero-order chi connectivity index (χ0) is 10.4. The molecule has 0 bridgehead atoms. The number of aliphatic imine (C=N–C) groups is 1. The summed E-state index contributed by atoms with van der Waals surface area (Å²) < 4.78 is 0. The van der Waals surface area contributed by atoms with Crippen LogP contribution in [0, 0.1) is 5.92 Å². The van der Waals surface area contributed by atoms with E-state index < -0.39 is 0 Å². The van der Waals surface area contributed by atoms with Crippen LogP contribution in [0.4, 0.5) is 0 Å². The summed E-state index contributed by atoms with van der Waals surface area (Å²) in [6.07, 6.45) is 7.44. The number of carbonyl (C=O) groups excluding carboxylic acids is 1. The Morgan fingerprint density at radius 1 is 1.43 bits per heavy atom. The van der Waals surface area contributed by atoms with E-state index in [1.54, 1.807) is 6.20 Å². The first-order valence-corrected chi connectivity index (χ1v) is 5.21. The molecule has 0 spiro atoms. The van der Waals surface area contributed by atoms with Crippen molar-refractivity contribution in [3.05, 3.63) is 12.3 Å².